The van der Waals surface area contributed by atoms with Crippen molar-refractivity contribution < 1.29 is 14.3 Å². The molecule has 172 valence electrons. The zero-order valence-corrected chi connectivity index (χ0v) is 21.6. The normalized spacial score (nSPS) is 11.3. The molecule has 0 aliphatic rings. The van der Waals surface area contributed by atoms with E-state index in [4.69, 9.17) is 9.47 Å². The first kappa shape index (κ1) is 28.3. The Kier molecular flexibility index (Phi) is 14.3. The van der Waals surface area contributed by atoms with E-state index in [1.165, 1.54) is 5.56 Å². The smallest absolute Gasteiger partial charge is 0.227 e. The van der Waals surface area contributed by atoms with Gasteiger partial charge in [-0.05, 0) is 65.2 Å². The summed E-state index contributed by atoms with van der Waals surface area (Å²) in [5.41, 5.74) is 0.660. The number of methoxy groups -OCH3 is 1. The molecule has 0 atom stereocenters. The van der Waals surface area contributed by atoms with E-state index in [1.54, 1.807) is 7.11 Å². The van der Waals surface area contributed by atoms with Gasteiger partial charge in [-0.2, -0.15) is 0 Å². The van der Waals surface area contributed by atoms with Crippen LogP contribution < -0.4 is 25.4 Å². The number of halogens is 1. The van der Waals surface area contributed by atoms with Crippen molar-refractivity contribution in [1.29, 1.82) is 0 Å². The molecule has 3 N–H and O–H groups in total. The van der Waals surface area contributed by atoms with Crippen LogP contribution in [0.5, 0.6) is 11.5 Å². The molecule has 7 nitrogen and oxygen atoms in total. The summed E-state index contributed by atoms with van der Waals surface area (Å²) in [5.74, 6) is 2.28. The Morgan fingerprint density at radius 2 is 1.77 bits per heavy atom. The van der Waals surface area contributed by atoms with Crippen molar-refractivity contribution >= 4 is 35.8 Å². The standard InChI is InChI=1S/C22H38N4O3.HI/c1-7-23-20(27)22(4,5)16-26-21(24-8-2)25-14-10-11-17-12-13-18(28-6)19(15-17)29-9-3;/h12-13,15H,7-11,14,16H2,1-6H3,(H,23,27)(H2,24,25,26);1H. The third-order valence-corrected chi connectivity index (χ3v) is 4.39. The minimum Gasteiger partial charge on any atom is -0.493 e. The number of rotatable bonds is 12. The maximum absolute atomic E-state index is 12.1. The molecule has 0 fully saturated rings. The van der Waals surface area contributed by atoms with Gasteiger partial charge in [0.05, 0.1) is 25.7 Å². The van der Waals surface area contributed by atoms with Crippen LogP contribution in [0.1, 0.15) is 46.6 Å². The molecule has 0 unspecified atom stereocenters. The largest absolute Gasteiger partial charge is 0.493 e. The summed E-state index contributed by atoms with van der Waals surface area (Å²) >= 11 is 0. The number of nitrogens with zero attached hydrogens (tertiary/aromatic N) is 1. The van der Waals surface area contributed by atoms with Crippen LogP contribution >= 0.6 is 24.0 Å². The van der Waals surface area contributed by atoms with Crippen molar-refractivity contribution in [2.45, 2.75) is 47.5 Å². The van der Waals surface area contributed by atoms with Gasteiger partial charge in [0.15, 0.2) is 17.5 Å². The van der Waals surface area contributed by atoms with Crippen molar-refractivity contribution in [1.82, 2.24) is 16.0 Å². The van der Waals surface area contributed by atoms with Gasteiger partial charge in [-0.1, -0.05) is 6.07 Å². The highest BCUT2D eigenvalue weighted by molar-refractivity contribution is 14.0. The SMILES string of the molecule is CCNC(=O)C(C)(C)CN=C(NCC)NCCCc1ccc(OC)c(OCC)c1.I. The Labute approximate surface area is 198 Å². The third kappa shape index (κ3) is 9.86. The van der Waals surface area contributed by atoms with E-state index in [0.29, 0.717) is 19.7 Å². The molecule has 0 bridgehead atoms. The Morgan fingerprint density at radius 1 is 1.07 bits per heavy atom. The van der Waals surface area contributed by atoms with E-state index in [1.807, 2.05) is 46.8 Å². The zero-order valence-electron chi connectivity index (χ0n) is 19.3. The average molecular weight is 534 g/mol. The Bertz CT molecular complexity index is 666. The molecular formula is C22H39IN4O3. The fourth-order valence-corrected chi connectivity index (χ4v) is 2.73. The van der Waals surface area contributed by atoms with Crippen molar-refractivity contribution in [2.75, 3.05) is 39.9 Å². The van der Waals surface area contributed by atoms with E-state index in [0.717, 1.165) is 43.4 Å². The lowest BCUT2D eigenvalue weighted by atomic mass is 9.92. The van der Waals surface area contributed by atoms with E-state index >= 15 is 0 Å². The lowest BCUT2D eigenvalue weighted by molar-refractivity contribution is -0.128. The van der Waals surface area contributed by atoms with Gasteiger partial charge in [0.25, 0.3) is 0 Å². The van der Waals surface area contributed by atoms with Gasteiger partial charge in [-0.15, -0.1) is 24.0 Å². The summed E-state index contributed by atoms with van der Waals surface area (Å²) in [5, 5.41) is 9.45. The Hall–Kier alpha value is -1.71. The van der Waals surface area contributed by atoms with Crippen LogP contribution in [-0.2, 0) is 11.2 Å². The second-order valence-electron chi connectivity index (χ2n) is 7.39. The highest BCUT2D eigenvalue weighted by atomic mass is 127. The number of ether oxygens (including phenoxy) is 2. The third-order valence-electron chi connectivity index (χ3n) is 4.39. The topological polar surface area (TPSA) is 84.0 Å². The molecule has 30 heavy (non-hydrogen) atoms. The van der Waals surface area contributed by atoms with Crippen LogP contribution in [0.4, 0.5) is 0 Å². The monoisotopic (exact) mass is 534 g/mol. The lowest BCUT2D eigenvalue weighted by Crippen LogP contribution is -2.42. The summed E-state index contributed by atoms with van der Waals surface area (Å²) in [6.07, 6.45) is 1.86. The second-order valence-corrected chi connectivity index (χ2v) is 7.39. The van der Waals surface area contributed by atoms with Gasteiger partial charge < -0.3 is 25.4 Å². The first-order chi connectivity index (χ1) is 13.9. The van der Waals surface area contributed by atoms with E-state index in [2.05, 4.69) is 27.0 Å². The Balaban J connectivity index is 0.00000841. The van der Waals surface area contributed by atoms with Crippen LogP contribution in [0, 0.1) is 5.41 Å². The van der Waals surface area contributed by atoms with Gasteiger partial charge in [0, 0.05) is 19.6 Å². The lowest BCUT2D eigenvalue weighted by Gasteiger charge is -2.22. The molecule has 8 heteroatoms. The number of aliphatic imine (C=N–C) groups is 1. The van der Waals surface area contributed by atoms with Crippen LogP contribution in [0.25, 0.3) is 0 Å². The van der Waals surface area contributed by atoms with Gasteiger partial charge >= 0.3 is 0 Å². The molecule has 0 spiro atoms. The van der Waals surface area contributed by atoms with Crippen LogP contribution in [-0.4, -0.2) is 51.8 Å². The molecule has 1 rings (SSSR count). The molecule has 1 aromatic rings. The Morgan fingerprint density at radius 3 is 2.37 bits per heavy atom. The van der Waals surface area contributed by atoms with Crippen LogP contribution in [0.2, 0.25) is 0 Å². The predicted octanol–water partition coefficient (Wildman–Crippen LogP) is 3.36. The van der Waals surface area contributed by atoms with Gasteiger partial charge in [-0.3, -0.25) is 9.79 Å². The molecule has 0 radical (unpaired) electrons. The summed E-state index contributed by atoms with van der Waals surface area (Å²) in [6.45, 7) is 12.9. The van der Waals surface area contributed by atoms with Gasteiger partial charge in [0.1, 0.15) is 0 Å². The summed E-state index contributed by atoms with van der Waals surface area (Å²) in [4.78, 5) is 16.7. The van der Waals surface area contributed by atoms with Crippen molar-refractivity contribution in [3.8, 4) is 11.5 Å². The highest BCUT2D eigenvalue weighted by Gasteiger charge is 2.26. The number of carbonyl (C=O) groups excluding carboxylic acids is 1. The minimum absolute atomic E-state index is 0. The quantitative estimate of drug-likeness (QED) is 0.166. The molecule has 0 aromatic heterocycles. The number of amides is 1. The molecule has 0 heterocycles. The molecular weight excluding hydrogens is 495 g/mol. The van der Waals surface area contributed by atoms with E-state index < -0.39 is 5.41 Å². The number of aryl methyl sites for hydroxylation is 1. The minimum atomic E-state index is -0.545. The molecule has 1 amide bonds. The summed E-state index contributed by atoms with van der Waals surface area (Å²) < 4.78 is 11.0. The molecule has 0 saturated carbocycles. The maximum atomic E-state index is 12.1. The summed E-state index contributed by atoms with van der Waals surface area (Å²) in [7, 11) is 1.65. The van der Waals surface area contributed by atoms with Crippen molar-refractivity contribution in [3.05, 3.63) is 23.8 Å². The van der Waals surface area contributed by atoms with Crippen molar-refractivity contribution in [3.63, 3.8) is 0 Å². The first-order valence-electron chi connectivity index (χ1n) is 10.5. The number of hydrogen-bond acceptors (Lipinski definition) is 4. The maximum Gasteiger partial charge on any atom is 0.227 e. The number of guanidine groups is 1. The predicted molar refractivity (Wildman–Crippen MR) is 134 cm³/mol. The number of nitrogens with one attached hydrogen (secondary N) is 3. The average Bonchev–Trinajstić information content (AvgIpc) is 2.70. The molecule has 0 aliphatic carbocycles. The number of benzene rings is 1. The summed E-state index contributed by atoms with van der Waals surface area (Å²) in [6, 6.07) is 6.05. The van der Waals surface area contributed by atoms with E-state index in [-0.39, 0.29) is 29.9 Å². The first-order valence-corrected chi connectivity index (χ1v) is 10.5. The second kappa shape index (κ2) is 15.1. The molecule has 0 saturated heterocycles. The fourth-order valence-electron chi connectivity index (χ4n) is 2.73. The van der Waals surface area contributed by atoms with Crippen LogP contribution in [0.15, 0.2) is 23.2 Å². The van der Waals surface area contributed by atoms with E-state index in [9.17, 15) is 4.79 Å². The van der Waals surface area contributed by atoms with Gasteiger partial charge in [0.2, 0.25) is 5.91 Å². The number of hydrogen-bond donors (Lipinski definition) is 3. The van der Waals surface area contributed by atoms with Gasteiger partial charge in [-0.25, -0.2) is 0 Å². The van der Waals surface area contributed by atoms with Crippen LogP contribution in [0.3, 0.4) is 0 Å². The molecule has 0 aliphatic heterocycles. The molecule has 1 aromatic carbocycles. The fraction of sp³-hybridized carbons (Fsp3) is 0.636. The zero-order chi connectivity index (χ0) is 21.7. The van der Waals surface area contributed by atoms with Crippen molar-refractivity contribution in [2.24, 2.45) is 10.4 Å². The highest BCUT2D eigenvalue weighted by Crippen LogP contribution is 2.28. The number of carbonyl (C=O) groups is 1.